The van der Waals surface area contributed by atoms with Crippen LogP contribution in [-0.4, -0.2) is 52.6 Å². The molecule has 1 aromatic carbocycles. The normalized spacial score (nSPS) is 11.7. The first-order chi connectivity index (χ1) is 11.3. The van der Waals surface area contributed by atoms with Crippen LogP contribution in [0.25, 0.3) is 0 Å². The zero-order valence-corrected chi connectivity index (χ0v) is 16.1. The lowest BCUT2D eigenvalue weighted by Gasteiger charge is -2.18. The maximum Gasteiger partial charge on any atom is 0.237 e. The molecule has 1 rings (SSSR count). The van der Waals surface area contributed by atoms with Gasteiger partial charge >= 0.3 is 0 Å². The summed E-state index contributed by atoms with van der Waals surface area (Å²) in [6.07, 6.45) is 0. The van der Waals surface area contributed by atoms with Crippen LogP contribution in [0.1, 0.15) is 13.8 Å². The summed E-state index contributed by atoms with van der Waals surface area (Å²) >= 11 is 11.9. The van der Waals surface area contributed by atoms with Crippen molar-refractivity contribution in [2.45, 2.75) is 13.8 Å². The van der Waals surface area contributed by atoms with E-state index >= 15 is 0 Å². The third-order valence-electron chi connectivity index (χ3n) is 3.21. The van der Waals surface area contributed by atoms with Crippen molar-refractivity contribution in [3.05, 3.63) is 22.2 Å². The fourth-order valence-corrected chi connectivity index (χ4v) is 3.40. The number of carbonyl (C=O) groups is 2. The van der Waals surface area contributed by atoms with Crippen molar-refractivity contribution in [1.29, 1.82) is 0 Å². The van der Waals surface area contributed by atoms with Crippen LogP contribution < -0.4 is 10.1 Å². The molecule has 134 valence electrons. The Morgan fingerprint density at radius 1 is 1.17 bits per heavy atom. The molecule has 0 bridgehead atoms. The highest BCUT2D eigenvalue weighted by Crippen LogP contribution is 2.33. The lowest BCUT2D eigenvalue weighted by atomic mass is 10.3. The van der Waals surface area contributed by atoms with Crippen LogP contribution in [0, 0.1) is 0 Å². The largest absolute Gasteiger partial charge is 0.495 e. The topological polar surface area (TPSA) is 75.7 Å². The van der Waals surface area contributed by atoms with E-state index in [1.165, 1.54) is 19.2 Å². The minimum Gasteiger partial charge on any atom is -0.495 e. The first-order valence-electron chi connectivity index (χ1n) is 7.27. The number of benzene rings is 1. The van der Waals surface area contributed by atoms with Gasteiger partial charge in [0.15, 0.2) is 0 Å². The van der Waals surface area contributed by atoms with Crippen LogP contribution in [0.15, 0.2) is 12.1 Å². The van der Waals surface area contributed by atoms with Crippen LogP contribution in [0.5, 0.6) is 5.75 Å². The first kappa shape index (κ1) is 20.7. The molecule has 0 aliphatic rings. The second kappa shape index (κ2) is 9.86. The van der Waals surface area contributed by atoms with Crippen molar-refractivity contribution < 1.29 is 18.5 Å². The molecule has 0 fully saturated rings. The third kappa shape index (κ3) is 5.96. The number of rotatable bonds is 8. The number of nitrogens with one attached hydrogen (secondary N) is 1. The second-order valence-corrected chi connectivity index (χ2v) is 7.08. The van der Waals surface area contributed by atoms with Crippen LogP contribution in [0.4, 0.5) is 5.69 Å². The highest BCUT2D eigenvalue weighted by Gasteiger charge is 2.17. The zero-order chi connectivity index (χ0) is 18.3. The fraction of sp³-hybridized carbons (Fsp3) is 0.467. The van der Waals surface area contributed by atoms with Gasteiger partial charge in [0.25, 0.3) is 0 Å². The van der Waals surface area contributed by atoms with E-state index in [2.05, 4.69) is 5.32 Å². The Morgan fingerprint density at radius 2 is 1.79 bits per heavy atom. The van der Waals surface area contributed by atoms with Gasteiger partial charge in [0.1, 0.15) is 17.3 Å². The summed E-state index contributed by atoms with van der Waals surface area (Å²) in [5, 5.41) is 3.10. The molecule has 0 saturated carbocycles. The molecule has 1 N–H and O–H groups in total. The quantitative estimate of drug-likeness (QED) is 0.734. The summed E-state index contributed by atoms with van der Waals surface area (Å²) in [7, 11) is -0.160. The maximum atomic E-state index is 12.0. The third-order valence-corrected chi connectivity index (χ3v) is 4.97. The number of amides is 2. The van der Waals surface area contributed by atoms with Crippen molar-refractivity contribution in [1.82, 2.24) is 4.90 Å². The van der Waals surface area contributed by atoms with Gasteiger partial charge in [-0.3, -0.25) is 13.8 Å². The number of nitrogens with zero attached hydrogens (tertiary/aromatic N) is 1. The van der Waals surface area contributed by atoms with E-state index in [4.69, 9.17) is 27.9 Å². The Hall–Kier alpha value is -1.31. The highest BCUT2D eigenvalue weighted by atomic mass is 35.5. The molecule has 6 nitrogen and oxygen atoms in total. The van der Waals surface area contributed by atoms with Gasteiger partial charge < -0.3 is 15.0 Å². The average molecular weight is 395 g/mol. The van der Waals surface area contributed by atoms with E-state index < -0.39 is 16.7 Å². The smallest absolute Gasteiger partial charge is 0.237 e. The van der Waals surface area contributed by atoms with Gasteiger partial charge in [-0.2, -0.15) is 0 Å². The minimum absolute atomic E-state index is 0.188. The van der Waals surface area contributed by atoms with Crippen molar-refractivity contribution in [3.8, 4) is 5.75 Å². The van der Waals surface area contributed by atoms with E-state index in [1.807, 2.05) is 13.8 Å². The van der Waals surface area contributed by atoms with E-state index in [9.17, 15) is 13.8 Å². The van der Waals surface area contributed by atoms with Crippen LogP contribution in [0.2, 0.25) is 10.0 Å². The first-order valence-corrected chi connectivity index (χ1v) is 9.52. The monoisotopic (exact) mass is 394 g/mol. The Morgan fingerprint density at radius 3 is 2.33 bits per heavy atom. The number of anilines is 1. The number of hydrogen-bond acceptors (Lipinski definition) is 4. The minimum atomic E-state index is -1.60. The van der Waals surface area contributed by atoms with E-state index in [-0.39, 0.29) is 22.4 Å². The SMILES string of the molecule is CCN(CC)C(=O)C[S@](=O)CC(=O)Nc1cc(OC)c(Cl)cc1Cl. The lowest BCUT2D eigenvalue weighted by Crippen LogP contribution is -2.35. The molecule has 9 heteroatoms. The molecule has 0 heterocycles. The fourth-order valence-electron chi connectivity index (χ4n) is 1.97. The van der Waals surface area contributed by atoms with Crippen molar-refractivity contribution in [2.75, 3.05) is 37.0 Å². The molecular formula is C15H20Cl2N2O4S. The van der Waals surface area contributed by atoms with Crippen molar-refractivity contribution >= 4 is 51.5 Å². The summed E-state index contributed by atoms with van der Waals surface area (Å²) < 4.78 is 17.0. The van der Waals surface area contributed by atoms with Crippen molar-refractivity contribution in [3.63, 3.8) is 0 Å². The van der Waals surface area contributed by atoms with Crippen LogP contribution in [-0.2, 0) is 20.4 Å². The van der Waals surface area contributed by atoms with Crippen LogP contribution in [0.3, 0.4) is 0 Å². The van der Waals surface area contributed by atoms with Gasteiger partial charge in [-0.15, -0.1) is 0 Å². The molecule has 24 heavy (non-hydrogen) atoms. The maximum absolute atomic E-state index is 12.0. The number of halogens is 2. The van der Waals surface area contributed by atoms with Gasteiger partial charge in [-0.1, -0.05) is 23.2 Å². The molecule has 0 saturated heterocycles. The molecule has 0 radical (unpaired) electrons. The summed E-state index contributed by atoms with van der Waals surface area (Å²) in [6.45, 7) is 4.76. The molecule has 0 aromatic heterocycles. The number of ether oxygens (including phenoxy) is 1. The number of carbonyl (C=O) groups excluding carboxylic acids is 2. The molecule has 0 unspecified atom stereocenters. The van der Waals surface area contributed by atoms with Crippen molar-refractivity contribution in [2.24, 2.45) is 0 Å². The van der Waals surface area contributed by atoms with Gasteiger partial charge in [-0.05, 0) is 19.9 Å². The summed E-state index contributed by atoms with van der Waals surface area (Å²) in [4.78, 5) is 25.4. The predicted octanol–water partition coefficient (Wildman–Crippen LogP) is 2.56. The molecule has 0 spiro atoms. The lowest BCUT2D eigenvalue weighted by molar-refractivity contribution is -0.128. The Balaban J connectivity index is 2.66. The van der Waals surface area contributed by atoms with Gasteiger partial charge in [0, 0.05) is 30.0 Å². The second-order valence-electron chi connectivity index (χ2n) is 4.81. The predicted molar refractivity (Wildman–Crippen MR) is 97.4 cm³/mol. The Kier molecular flexibility index (Phi) is 8.52. The summed E-state index contributed by atoms with van der Waals surface area (Å²) in [5.74, 6) is -0.875. The zero-order valence-electron chi connectivity index (χ0n) is 13.7. The molecule has 1 atom stereocenters. The standard InChI is InChI=1S/C15H20Cl2N2O4S/c1-4-19(5-2)15(21)9-24(22)8-14(20)18-12-7-13(23-3)11(17)6-10(12)16/h6-7H,4-5,8-9H2,1-3H3,(H,18,20)/t24-/m1/s1. The average Bonchev–Trinajstić information content (AvgIpc) is 2.50. The highest BCUT2D eigenvalue weighted by molar-refractivity contribution is 7.86. The van der Waals surface area contributed by atoms with Gasteiger partial charge in [-0.25, -0.2) is 0 Å². The number of hydrogen-bond donors (Lipinski definition) is 1. The molecule has 0 aliphatic carbocycles. The summed E-state index contributed by atoms with van der Waals surface area (Å²) in [5.41, 5.74) is 0.301. The van der Waals surface area contributed by atoms with Gasteiger partial charge in [0.05, 0.1) is 22.8 Å². The molecular weight excluding hydrogens is 375 g/mol. The Bertz CT molecular complexity index is 636. The van der Waals surface area contributed by atoms with Crippen LogP contribution >= 0.6 is 23.2 Å². The molecule has 0 aliphatic heterocycles. The number of methoxy groups -OCH3 is 1. The molecule has 1 aromatic rings. The van der Waals surface area contributed by atoms with E-state index in [0.29, 0.717) is 29.5 Å². The Labute approximate surface area is 153 Å². The summed E-state index contributed by atoms with van der Waals surface area (Å²) in [6, 6.07) is 2.92. The van der Waals surface area contributed by atoms with E-state index in [1.54, 1.807) is 4.90 Å². The van der Waals surface area contributed by atoms with E-state index in [0.717, 1.165) is 0 Å². The van der Waals surface area contributed by atoms with Gasteiger partial charge in [0.2, 0.25) is 11.8 Å². The molecule has 2 amide bonds.